The second kappa shape index (κ2) is 5.65. The number of carbonyl (C=O) groups excluding carboxylic acids is 1. The zero-order chi connectivity index (χ0) is 12.1. The average Bonchev–Trinajstić information content (AvgIpc) is 2.28. The van der Waals surface area contributed by atoms with Crippen molar-refractivity contribution in [3.63, 3.8) is 0 Å². The summed E-state index contributed by atoms with van der Waals surface area (Å²) >= 11 is 3.21. The number of halogens is 1. The van der Waals surface area contributed by atoms with Gasteiger partial charge in [-0.3, -0.25) is 0 Å². The third-order valence-corrected chi connectivity index (χ3v) is 2.60. The Labute approximate surface area is 101 Å². The maximum absolute atomic E-state index is 11.5. The van der Waals surface area contributed by atoms with Gasteiger partial charge in [-0.2, -0.15) is 0 Å². The van der Waals surface area contributed by atoms with Gasteiger partial charge in [0.25, 0.3) is 0 Å². The molecule has 0 radical (unpaired) electrons. The minimum absolute atomic E-state index is 0.155. The van der Waals surface area contributed by atoms with E-state index in [0.717, 1.165) is 0 Å². The third kappa shape index (κ3) is 2.82. The number of aromatic carboxylic acids is 1. The first-order valence-corrected chi connectivity index (χ1v) is 5.81. The summed E-state index contributed by atoms with van der Waals surface area (Å²) in [5, 5.41) is 9.21. The van der Waals surface area contributed by atoms with Crippen LogP contribution in [-0.4, -0.2) is 23.7 Å². The second-order valence-corrected chi connectivity index (χ2v) is 3.59. The van der Waals surface area contributed by atoms with Gasteiger partial charge in [0.05, 0.1) is 17.7 Å². The van der Waals surface area contributed by atoms with E-state index < -0.39 is 11.9 Å². The number of alkyl halides is 1. The number of esters is 1. The molecule has 0 fully saturated rings. The van der Waals surface area contributed by atoms with Crippen molar-refractivity contribution in [3.8, 4) is 0 Å². The number of hydrogen-bond donors (Lipinski definition) is 1. The molecule has 0 aromatic heterocycles. The van der Waals surface area contributed by atoms with Crippen LogP contribution in [0.3, 0.4) is 0 Å². The van der Waals surface area contributed by atoms with Gasteiger partial charge in [0.2, 0.25) is 0 Å². The molecule has 86 valence electrons. The lowest BCUT2D eigenvalue weighted by Gasteiger charge is -2.07. The number of hydrogen-bond acceptors (Lipinski definition) is 3. The molecule has 0 heterocycles. The van der Waals surface area contributed by atoms with Crippen molar-refractivity contribution in [1.29, 1.82) is 0 Å². The van der Waals surface area contributed by atoms with E-state index in [1.165, 1.54) is 18.2 Å². The van der Waals surface area contributed by atoms with Crippen molar-refractivity contribution < 1.29 is 19.4 Å². The quantitative estimate of drug-likeness (QED) is 0.682. The summed E-state index contributed by atoms with van der Waals surface area (Å²) in [5.41, 5.74) is 1.16. The van der Waals surface area contributed by atoms with Crippen LogP contribution >= 0.6 is 15.9 Å². The average molecular weight is 287 g/mol. The molecule has 0 saturated heterocycles. The van der Waals surface area contributed by atoms with Crippen molar-refractivity contribution in [3.05, 3.63) is 34.9 Å². The number of carboxylic acid groups (broad SMARTS) is 1. The molecular formula is C11H11BrO4. The van der Waals surface area contributed by atoms with E-state index in [9.17, 15) is 9.59 Å². The molecule has 0 unspecified atom stereocenters. The maximum atomic E-state index is 11.5. The van der Waals surface area contributed by atoms with Gasteiger partial charge in [0, 0.05) is 5.33 Å². The SMILES string of the molecule is CCOC(=O)c1ccc(C(=O)O)cc1CBr. The number of rotatable bonds is 4. The lowest BCUT2D eigenvalue weighted by Crippen LogP contribution is -2.09. The van der Waals surface area contributed by atoms with Crippen LogP contribution in [0.15, 0.2) is 18.2 Å². The molecule has 1 aromatic rings. The molecule has 1 rings (SSSR count). The summed E-state index contributed by atoms with van der Waals surface area (Å²) in [4.78, 5) is 22.3. The van der Waals surface area contributed by atoms with Gasteiger partial charge in [0.1, 0.15) is 0 Å². The molecular weight excluding hydrogens is 276 g/mol. The van der Waals surface area contributed by atoms with Gasteiger partial charge in [-0.05, 0) is 30.7 Å². The molecule has 5 heteroatoms. The monoisotopic (exact) mass is 286 g/mol. The molecule has 0 amide bonds. The molecule has 0 bridgehead atoms. The van der Waals surface area contributed by atoms with Crippen LogP contribution in [0.2, 0.25) is 0 Å². The Bertz CT molecular complexity index is 414. The molecule has 0 aliphatic carbocycles. The fourth-order valence-corrected chi connectivity index (χ4v) is 1.71. The highest BCUT2D eigenvalue weighted by Crippen LogP contribution is 2.16. The predicted molar refractivity (Wildman–Crippen MR) is 62.0 cm³/mol. The van der Waals surface area contributed by atoms with Crippen molar-refractivity contribution >= 4 is 27.9 Å². The first-order chi connectivity index (χ1) is 7.60. The highest BCUT2D eigenvalue weighted by molar-refractivity contribution is 9.08. The van der Waals surface area contributed by atoms with Gasteiger partial charge in [-0.15, -0.1) is 0 Å². The summed E-state index contributed by atoms with van der Waals surface area (Å²) in [6.45, 7) is 2.01. The van der Waals surface area contributed by atoms with Crippen LogP contribution in [0.5, 0.6) is 0 Å². The van der Waals surface area contributed by atoms with Crippen LogP contribution in [0.1, 0.15) is 33.2 Å². The highest BCUT2D eigenvalue weighted by atomic mass is 79.9. The first kappa shape index (κ1) is 12.7. The number of carboxylic acids is 1. The molecule has 0 atom stereocenters. The zero-order valence-electron chi connectivity index (χ0n) is 8.70. The van der Waals surface area contributed by atoms with Gasteiger partial charge in [0.15, 0.2) is 0 Å². The van der Waals surface area contributed by atoms with Gasteiger partial charge < -0.3 is 9.84 Å². The Hall–Kier alpha value is -1.36. The normalized spacial score (nSPS) is 9.88. The van der Waals surface area contributed by atoms with E-state index in [-0.39, 0.29) is 5.56 Å². The van der Waals surface area contributed by atoms with Crippen LogP contribution in [0, 0.1) is 0 Å². The summed E-state index contributed by atoms with van der Waals surface area (Å²) < 4.78 is 4.86. The van der Waals surface area contributed by atoms with Crippen LogP contribution in [0.4, 0.5) is 0 Å². The Morgan fingerprint density at radius 1 is 1.44 bits per heavy atom. The largest absolute Gasteiger partial charge is 0.478 e. The molecule has 4 nitrogen and oxygen atoms in total. The number of benzene rings is 1. The topological polar surface area (TPSA) is 63.6 Å². The van der Waals surface area contributed by atoms with E-state index in [1.54, 1.807) is 6.92 Å². The van der Waals surface area contributed by atoms with Gasteiger partial charge >= 0.3 is 11.9 Å². The Balaban J connectivity index is 3.11. The Morgan fingerprint density at radius 2 is 2.12 bits per heavy atom. The van der Waals surface area contributed by atoms with Crippen molar-refractivity contribution in [2.45, 2.75) is 12.3 Å². The van der Waals surface area contributed by atoms with E-state index >= 15 is 0 Å². The van der Waals surface area contributed by atoms with E-state index in [0.29, 0.717) is 23.1 Å². The van der Waals surface area contributed by atoms with Gasteiger partial charge in [-0.25, -0.2) is 9.59 Å². The fraction of sp³-hybridized carbons (Fsp3) is 0.273. The predicted octanol–water partition coefficient (Wildman–Crippen LogP) is 2.46. The summed E-state index contributed by atoms with van der Waals surface area (Å²) in [6, 6.07) is 4.32. The van der Waals surface area contributed by atoms with E-state index in [1.807, 2.05) is 0 Å². The number of carbonyl (C=O) groups is 2. The van der Waals surface area contributed by atoms with Crippen LogP contribution in [-0.2, 0) is 10.1 Å². The fourth-order valence-electron chi connectivity index (χ4n) is 1.25. The Morgan fingerprint density at radius 3 is 2.62 bits per heavy atom. The molecule has 1 N–H and O–H groups in total. The van der Waals surface area contributed by atoms with Crippen LogP contribution in [0.25, 0.3) is 0 Å². The molecule has 0 saturated carbocycles. The van der Waals surface area contributed by atoms with Crippen molar-refractivity contribution in [2.24, 2.45) is 0 Å². The molecule has 0 spiro atoms. The molecule has 0 aliphatic rings. The summed E-state index contributed by atoms with van der Waals surface area (Å²) in [7, 11) is 0. The van der Waals surface area contributed by atoms with Crippen LogP contribution < -0.4 is 0 Å². The van der Waals surface area contributed by atoms with E-state index in [2.05, 4.69) is 15.9 Å². The standard InChI is InChI=1S/C11H11BrO4/c1-2-16-11(15)9-4-3-7(10(13)14)5-8(9)6-12/h3-5H,2,6H2,1H3,(H,13,14). The smallest absolute Gasteiger partial charge is 0.338 e. The third-order valence-electron chi connectivity index (χ3n) is 1.99. The minimum atomic E-state index is -1.02. The lowest BCUT2D eigenvalue weighted by atomic mass is 10.1. The maximum Gasteiger partial charge on any atom is 0.338 e. The molecule has 1 aromatic carbocycles. The molecule has 16 heavy (non-hydrogen) atoms. The lowest BCUT2D eigenvalue weighted by molar-refractivity contribution is 0.0524. The minimum Gasteiger partial charge on any atom is -0.478 e. The number of ether oxygens (including phenoxy) is 1. The Kier molecular flexibility index (Phi) is 4.49. The first-order valence-electron chi connectivity index (χ1n) is 4.69. The summed E-state index contributed by atoms with van der Waals surface area (Å²) in [5.74, 6) is -1.45. The summed E-state index contributed by atoms with van der Waals surface area (Å²) in [6.07, 6.45) is 0. The van der Waals surface area contributed by atoms with E-state index in [4.69, 9.17) is 9.84 Å². The zero-order valence-corrected chi connectivity index (χ0v) is 10.3. The van der Waals surface area contributed by atoms with Gasteiger partial charge in [-0.1, -0.05) is 15.9 Å². The van der Waals surface area contributed by atoms with Crippen molar-refractivity contribution in [2.75, 3.05) is 6.61 Å². The second-order valence-electron chi connectivity index (χ2n) is 3.03. The molecule has 0 aliphatic heterocycles. The van der Waals surface area contributed by atoms with Crippen molar-refractivity contribution in [1.82, 2.24) is 0 Å². The highest BCUT2D eigenvalue weighted by Gasteiger charge is 2.14.